The van der Waals surface area contributed by atoms with Crippen LogP contribution in [0.2, 0.25) is 0 Å². The minimum atomic E-state index is -0.155. The molecule has 0 bridgehead atoms. The Hall–Kier alpha value is -3.74. The van der Waals surface area contributed by atoms with Gasteiger partial charge in [-0.1, -0.05) is 24.3 Å². The molecule has 1 aliphatic carbocycles. The molecular weight excluding hydrogens is 390 g/mol. The lowest BCUT2D eigenvalue weighted by Crippen LogP contribution is -2.37. The van der Waals surface area contributed by atoms with E-state index in [1.54, 1.807) is 10.9 Å². The number of amides is 1. The van der Waals surface area contributed by atoms with Gasteiger partial charge in [0.1, 0.15) is 0 Å². The smallest absolute Gasteiger partial charge is 0.272 e. The molecule has 7 heteroatoms. The van der Waals surface area contributed by atoms with Crippen LogP contribution in [-0.2, 0) is 0 Å². The van der Waals surface area contributed by atoms with Crippen LogP contribution < -0.4 is 10.9 Å². The first kappa shape index (κ1) is 19.2. The summed E-state index contributed by atoms with van der Waals surface area (Å²) >= 11 is 0. The number of nitrogens with one attached hydrogen (secondary N) is 2. The molecule has 1 fully saturated rings. The molecule has 5 rings (SSSR count). The minimum absolute atomic E-state index is 0.0647. The molecule has 2 aromatic heterocycles. The van der Waals surface area contributed by atoms with Crippen molar-refractivity contribution in [3.63, 3.8) is 0 Å². The first-order valence-corrected chi connectivity index (χ1v) is 10.6. The molecule has 2 heterocycles. The molecule has 1 amide bonds. The third-order valence-electron chi connectivity index (χ3n) is 6.05. The van der Waals surface area contributed by atoms with Crippen molar-refractivity contribution >= 4 is 16.7 Å². The highest BCUT2D eigenvalue weighted by atomic mass is 16.1. The van der Waals surface area contributed by atoms with Crippen LogP contribution in [0.1, 0.15) is 47.7 Å². The van der Waals surface area contributed by atoms with Gasteiger partial charge >= 0.3 is 0 Å². The van der Waals surface area contributed by atoms with Crippen molar-refractivity contribution < 1.29 is 4.79 Å². The highest BCUT2D eigenvalue weighted by Gasteiger charge is 2.26. The number of carbonyl (C=O) groups excluding carboxylic acids is 1. The van der Waals surface area contributed by atoms with Gasteiger partial charge in [0.05, 0.1) is 16.8 Å². The maximum atomic E-state index is 12.8. The summed E-state index contributed by atoms with van der Waals surface area (Å²) in [7, 11) is 0. The van der Waals surface area contributed by atoms with E-state index in [-0.39, 0.29) is 23.4 Å². The van der Waals surface area contributed by atoms with Crippen LogP contribution in [0.15, 0.2) is 71.8 Å². The van der Waals surface area contributed by atoms with Gasteiger partial charge in [-0.3, -0.25) is 9.59 Å². The predicted molar refractivity (Wildman–Crippen MR) is 118 cm³/mol. The molecule has 0 unspecified atom stereocenters. The second-order valence-electron chi connectivity index (χ2n) is 8.01. The van der Waals surface area contributed by atoms with Crippen LogP contribution in [0, 0.1) is 0 Å². The third-order valence-corrected chi connectivity index (χ3v) is 6.05. The zero-order chi connectivity index (χ0) is 21.2. The number of hydrogen-bond donors (Lipinski definition) is 2. The average Bonchev–Trinajstić information content (AvgIpc) is 3.36. The van der Waals surface area contributed by atoms with Crippen LogP contribution in [0.5, 0.6) is 0 Å². The van der Waals surface area contributed by atoms with E-state index >= 15 is 0 Å². The predicted octanol–water partition coefficient (Wildman–Crippen LogP) is 3.57. The number of fused-ring (bicyclic) bond motifs is 1. The van der Waals surface area contributed by atoms with Crippen molar-refractivity contribution in [1.29, 1.82) is 0 Å². The fourth-order valence-electron chi connectivity index (χ4n) is 4.44. The number of aromatic nitrogens is 4. The zero-order valence-electron chi connectivity index (χ0n) is 17.0. The molecule has 31 heavy (non-hydrogen) atoms. The Bertz CT molecular complexity index is 1270. The van der Waals surface area contributed by atoms with Crippen LogP contribution in [0.3, 0.4) is 0 Å². The van der Waals surface area contributed by atoms with Gasteiger partial charge < -0.3 is 5.32 Å². The van der Waals surface area contributed by atoms with E-state index in [2.05, 4.69) is 20.6 Å². The van der Waals surface area contributed by atoms with Crippen molar-refractivity contribution in [3.8, 4) is 5.69 Å². The van der Waals surface area contributed by atoms with Gasteiger partial charge in [0, 0.05) is 35.3 Å². The van der Waals surface area contributed by atoms with Crippen molar-refractivity contribution in [1.82, 2.24) is 25.3 Å². The number of nitrogens with zero attached hydrogens (tertiary/aromatic N) is 3. The Morgan fingerprint density at radius 3 is 2.58 bits per heavy atom. The van der Waals surface area contributed by atoms with Gasteiger partial charge in [-0.25, -0.2) is 9.78 Å². The average molecular weight is 413 g/mol. The van der Waals surface area contributed by atoms with Gasteiger partial charge in [0.15, 0.2) is 0 Å². The summed E-state index contributed by atoms with van der Waals surface area (Å²) in [6, 6.07) is 17.1. The molecule has 2 N–H and O–H groups in total. The molecule has 0 radical (unpaired) electrons. The number of aromatic amines is 1. The van der Waals surface area contributed by atoms with E-state index in [0.717, 1.165) is 42.5 Å². The van der Waals surface area contributed by atoms with Crippen molar-refractivity contribution in [2.75, 3.05) is 0 Å². The summed E-state index contributed by atoms with van der Waals surface area (Å²) in [5.41, 5.74) is 2.28. The van der Waals surface area contributed by atoms with Gasteiger partial charge in [-0.05, 0) is 56.0 Å². The zero-order valence-corrected chi connectivity index (χ0v) is 17.0. The number of carbonyl (C=O) groups is 1. The van der Waals surface area contributed by atoms with E-state index < -0.39 is 0 Å². The Labute approximate surface area is 179 Å². The fourth-order valence-corrected chi connectivity index (χ4v) is 4.44. The lowest BCUT2D eigenvalue weighted by molar-refractivity contribution is 0.0925. The first-order chi connectivity index (χ1) is 15.2. The summed E-state index contributed by atoms with van der Waals surface area (Å²) in [6.07, 6.45) is 7.16. The standard InChI is InChI=1S/C24H23N5O2/c30-23(17-5-3-6-19(15-17)29-14-4-13-25-29)26-18-11-9-16(10-12-18)22-20-7-1-2-8-21(20)24(31)28-27-22/h1-8,13-16,18H,9-12H2,(H,26,30)(H,28,31). The molecule has 0 aliphatic heterocycles. The lowest BCUT2D eigenvalue weighted by atomic mass is 9.82. The van der Waals surface area contributed by atoms with Gasteiger partial charge in [0.2, 0.25) is 0 Å². The van der Waals surface area contributed by atoms with E-state index in [0.29, 0.717) is 10.9 Å². The SMILES string of the molecule is O=C(NC1CCC(c2n[nH]c(=O)c3ccccc23)CC1)c1cccc(-n2cccn2)c1. The summed E-state index contributed by atoms with van der Waals surface area (Å²) < 4.78 is 1.74. The van der Waals surface area contributed by atoms with E-state index in [1.165, 1.54) is 0 Å². The maximum absolute atomic E-state index is 12.8. The molecule has 156 valence electrons. The number of benzene rings is 2. The van der Waals surface area contributed by atoms with Gasteiger partial charge in [-0.15, -0.1) is 0 Å². The molecule has 1 saturated carbocycles. The molecule has 0 spiro atoms. The number of hydrogen-bond acceptors (Lipinski definition) is 4. The molecule has 2 aromatic carbocycles. The van der Waals surface area contributed by atoms with Gasteiger partial charge in [-0.2, -0.15) is 10.2 Å². The normalized spacial score (nSPS) is 18.7. The van der Waals surface area contributed by atoms with E-state index in [1.807, 2.05) is 60.8 Å². The minimum Gasteiger partial charge on any atom is -0.349 e. The molecule has 7 nitrogen and oxygen atoms in total. The Morgan fingerprint density at radius 1 is 1.00 bits per heavy atom. The van der Waals surface area contributed by atoms with Crippen molar-refractivity contribution in [2.45, 2.75) is 37.6 Å². The summed E-state index contributed by atoms with van der Waals surface area (Å²) in [5, 5.41) is 16.0. The largest absolute Gasteiger partial charge is 0.349 e. The van der Waals surface area contributed by atoms with Crippen molar-refractivity contribution in [3.05, 3.63) is 88.6 Å². The topological polar surface area (TPSA) is 92.7 Å². The lowest BCUT2D eigenvalue weighted by Gasteiger charge is -2.29. The van der Waals surface area contributed by atoms with Crippen LogP contribution in [0.4, 0.5) is 0 Å². The van der Waals surface area contributed by atoms with Crippen LogP contribution >= 0.6 is 0 Å². The van der Waals surface area contributed by atoms with Gasteiger partial charge in [0.25, 0.3) is 11.5 Å². The Kier molecular flexibility index (Phi) is 5.08. The molecule has 0 saturated heterocycles. The molecular formula is C24H23N5O2. The highest BCUT2D eigenvalue weighted by molar-refractivity contribution is 5.95. The van der Waals surface area contributed by atoms with Crippen LogP contribution in [0.25, 0.3) is 16.5 Å². The summed E-state index contributed by atoms with van der Waals surface area (Å²) in [5.74, 6) is 0.211. The second kappa shape index (κ2) is 8.18. The molecule has 4 aromatic rings. The Morgan fingerprint density at radius 2 is 1.81 bits per heavy atom. The first-order valence-electron chi connectivity index (χ1n) is 10.6. The second-order valence-corrected chi connectivity index (χ2v) is 8.01. The van der Waals surface area contributed by atoms with E-state index in [4.69, 9.17) is 0 Å². The summed E-state index contributed by atoms with van der Waals surface area (Å²) in [6.45, 7) is 0. The maximum Gasteiger partial charge on any atom is 0.272 e. The quantitative estimate of drug-likeness (QED) is 0.535. The Balaban J connectivity index is 1.26. The number of H-pyrrole nitrogens is 1. The summed E-state index contributed by atoms with van der Waals surface area (Å²) in [4.78, 5) is 24.9. The molecule has 1 aliphatic rings. The van der Waals surface area contributed by atoms with E-state index in [9.17, 15) is 9.59 Å². The monoisotopic (exact) mass is 413 g/mol. The van der Waals surface area contributed by atoms with Crippen molar-refractivity contribution in [2.24, 2.45) is 0 Å². The highest BCUT2D eigenvalue weighted by Crippen LogP contribution is 2.34. The number of rotatable bonds is 4. The molecule has 0 atom stereocenters. The van der Waals surface area contributed by atoms with Crippen LogP contribution in [-0.4, -0.2) is 31.9 Å². The fraction of sp³-hybridized carbons (Fsp3) is 0.250. The third kappa shape index (κ3) is 3.86.